The predicted molar refractivity (Wildman–Crippen MR) is 265 cm³/mol. The van der Waals surface area contributed by atoms with Crippen molar-refractivity contribution in [1.29, 1.82) is 0 Å². The topological polar surface area (TPSA) is 180 Å². The Morgan fingerprint density at radius 1 is 0.514 bits per heavy atom. The highest BCUT2D eigenvalue weighted by atomic mass is 16.7. The molecule has 72 heavy (non-hydrogen) atoms. The molecule has 4 amide bonds. The molecule has 6 aliphatic rings. The number of esters is 2. The number of fused-ring (bicyclic) bond motifs is 5. The molecule has 2 heterocycles. The second-order valence-corrected chi connectivity index (χ2v) is 24.9. The molecule has 2 unspecified atom stereocenters. The van der Waals surface area contributed by atoms with E-state index in [1.807, 2.05) is 48.5 Å². The van der Waals surface area contributed by atoms with Crippen molar-refractivity contribution >= 4 is 47.5 Å². The molecule has 4 aliphatic carbocycles. The molecule has 0 aromatic heterocycles. The first-order valence-corrected chi connectivity index (χ1v) is 26.5. The highest BCUT2D eigenvalue weighted by Gasteiger charge is 2.66. The summed E-state index contributed by atoms with van der Waals surface area (Å²) >= 11 is 0. The molecule has 0 spiro atoms. The molecule has 390 valence electrons. The second kappa shape index (κ2) is 20.1. The quantitative estimate of drug-likeness (QED) is 0.129. The summed E-state index contributed by atoms with van der Waals surface area (Å²) in [5, 5.41) is 1.10. The van der Waals surface area contributed by atoms with Gasteiger partial charge < -0.3 is 19.1 Å². The smallest absolute Gasteiger partial charge is 0.333 e. The zero-order valence-electron chi connectivity index (χ0n) is 44.0. The molecule has 0 N–H and O–H groups in total. The number of nitrogens with zero attached hydrogens (tertiary/aromatic N) is 2. The van der Waals surface area contributed by atoms with E-state index in [9.17, 15) is 38.4 Å². The van der Waals surface area contributed by atoms with Crippen molar-refractivity contribution in [3.8, 4) is 0 Å². The summed E-state index contributed by atoms with van der Waals surface area (Å²) in [7, 11) is 0. The molecule has 10 atom stereocenters. The lowest BCUT2D eigenvalue weighted by molar-refractivity contribution is -0.198. The molecule has 2 aliphatic heterocycles. The minimum Gasteiger partial charge on any atom is -0.462 e. The third-order valence-corrected chi connectivity index (χ3v) is 18.2. The number of carbonyl (C=O) groups excluding carboxylic acids is 8. The lowest BCUT2D eigenvalue weighted by atomic mass is 9.40. The van der Waals surface area contributed by atoms with Crippen molar-refractivity contribution in [2.75, 3.05) is 0 Å². The number of hydroxylamine groups is 4. The Hall–Kier alpha value is -5.40. The predicted octanol–water partition coefficient (Wildman–Crippen LogP) is 10.2. The Kier molecular flexibility index (Phi) is 14.8. The number of hydrogen-bond acceptors (Lipinski definition) is 12. The number of imide groups is 2. The van der Waals surface area contributed by atoms with E-state index in [4.69, 9.17) is 19.1 Å². The molecule has 0 radical (unpaired) electrons. The van der Waals surface area contributed by atoms with E-state index >= 15 is 0 Å². The summed E-state index contributed by atoms with van der Waals surface area (Å²) in [6.45, 7) is 19.9. The van der Waals surface area contributed by atoms with Crippen LogP contribution in [0.15, 0.2) is 48.5 Å². The number of ether oxygens (including phenoxy) is 2. The Bertz CT molecular complexity index is 2420. The van der Waals surface area contributed by atoms with Crippen LogP contribution < -0.4 is 0 Å². The number of hydrogen-bond donors (Lipinski definition) is 0. The van der Waals surface area contributed by atoms with E-state index in [-0.39, 0.29) is 96.6 Å². The maximum absolute atomic E-state index is 14.1. The summed E-state index contributed by atoms with van der Waals surface area (Å²) in [6, 6.07) is 15.7. The zero-order valence-corrected chi connectivity index (χ0v) is 44.0. The summed E-state index contributed by atoms with van der Waals surface area (Å²) in [6.07, 6.45) is 6.95. The van der Waals surface area contributed by atoms with Gasteiger partial charge in [-0.2, -0.15) is 0 Å². The van der Waals surface area contributed by atoms with Crippen LogP contribution in [0.2, 0.25) is 0 Å². The molecule has 2 aromatic rings. The van der Waals surface area contributed by atoms with Gasteiger partial charge >= 0.3 is 23.9 Å². The van der Waals surface area contributed by atoms with Gasteiger partial charge in [-0.15, -0.1) is 10.1 Å². The SMILES string of the molecule is CC(C)(C)c1ccc(C(CC(=O)O[C@H]2CC[C@@]3(C)[C@@H](CC[C@]4(C)[C@@H]3CC[C@@]3(C)[C@H]4CC[C@@H]3OC(=O)CC(CC(=O)ON3C(=O)CCC3=O)c3ccc(C(C)(C)C)cc3)C2)CC(=O)ON2C(=O)CCC2=O)cc1. The van der Waals surface area contributed by atoms with Crippen molar-refractivity contribution in [3.63, 3.8) is 0 Å². The van der Waals surface area contributed by atoms with E-state index in [2.05, 4.69) is 62.3 Å². The van der Waals surface area contributed by atoms with Crippen LogP contribution in [0.1, 0.15) is 206 Å². The Morgan fingerprint density at radius 3 is 1.38 bits per heavy atom. The van der Waals surface area contributed by atoms with Crippen LogP contribution >= 0.6 is 0 Å². The van der Waals surface area contributed by atoms with E-state index < -0.39 is 53.4 Å². The molecular weight excluding hydrogens is 917 g/mol. The normalized spacial score (nSPS) is 30.3. The van der Waals surface area contributed by atoms with Gasteiger partial charge in [0.05, 0.1) is 25.7 Å². The summed E-state index contributed by atoms with van der Waals surface area (Å²) in [5.41, 5.74) is 3.37. The molecule has 0 bridgehead atoms. The van der Waals surface area contributed by atoms with Gasteiger partial charge in [-0.05, 0) is 119 Å². The van der Waals surface area contributed by atoms with Crippen LogP contribution in [0, 0.1) is 34.0 Å². The maximum Gasteiger partial charge on any atom is 0.333 e. The van der Waals surface area contributed by atoms with Gasteiger partial charge in [0.15, 0.2) is 0 Å². The minimum atomic E-state index is -0.760. The molecule has 14 heteroatoms. The van der Waals surface area contributed by atoms with E-state index in [0.717, 1.165) is 80.0 Å². The fraction of sp³-hybridized carbons (Fsp3) is 0.655. The third kappa shape index (κ3) is 10.8. The zero-order chi connectivity index (χ0) is 52.1. The number of benzene rings is 2. The van der Waals surface area contributed by atoms with Gasteiger partial charge in [-0.25, -0.2) is 9.59 Å². The van der Waals surface area contributed by atoms with Gasteiger partial charge in [-0.3, -0.25) is 28.8 Å². The van der Waals surface area contributed by atoms with Gasteiger partial charge in [0, 0.05) is 42.9 Å². The Balaban J connectivity index is 0.896. The molecular formula is C58H76N2O12. The highest BCUT2D eigenvalue weighted by molar-refractivity contribution is 6.02. The fourth-order valence-electron chi connectivity index (χ4n) is 14.1. The van der Waals surface area contributed by atoms with E-state index in [1.54, 1.807) is 0 Å². The van der Waals surface area contributed by atoms with E-state index in [0.29, 0.717) is 27.9 Å². The first-order valence-electron chi connectivity index (χ1n) is 26.5. The standard InChI is InChI=1S/C58H76N2O12/c1-54(2,3)39-14-10-35(11-15-39)37(32-52(67)71-59-46(61)20-21-47(59)62)30-50(65)69-42-25-28-56(7)41(34-42)24-27-57(8)43-18-19-45(58(43,9)29-26-44(56)57)70-51(66)31-38(36-12-16-40(17-13-36)55(4,5)6)33-53(68)72-60-48(63)22-23-49(60)64/h10-17,37-38,41-45H,18-34H2,1-9H3/t37?,38?,41-,42-,43-,44+,45-,56-,57-,58-/m0/s1. The van der Waals surface area contributed by atoms with Crippen molar-refractivity contribution in [1.82, 2.24) is 10.1 Å². The number of amides is 4. The average molecular weight is 993 g/mol. The van der Waals surface area contributed by atoms with Gasteiger partial charge in [0.25, 0.3) is 23.6 Å². The average Bonchev–Trinajstić information content (AvgIpc) is 3.93. The van der Waals surface area contributed by atoms with Crippen molar-refractivity contribution in [3.05, 3.63) is 70.8 Å². The summed E-state index contributed by atoms with van der Waals surface area (Å²) < 4.78 is 12.8. The van der Waals surface area contributed by atoms with Crippen LogP contribution in [0.5, 0.6) is 0 Å². The molecule has 2 saturated heterocycles. The molecule has 2 aromatic carbocycles. The van der Waals surface area contributed by atoms with E-state index in [1.165, 1.54) is 0 Å². The minimum absolute atomic E-state index is 0.00738. The number of carbonyl (C=O) groups is 8. The van der Waals surface area contributed by atoms with Crippen molar-refractivity contribution in [2.45, 2.75) is 206 Å². The first kappa shape index (κ1) is 52.9. The van der Waals surface area contributed by atoms with Gasteiger partial charge in [-0.1, -0.05) is 111 Å². The summed E-state index contributed by atoms with van der Waals surface area (Å²) in [4.78, 5) is 114. The molecule has 6 fully saturated rings. The van der Waals surface area contributed by atoms with Crippen LogP contribution in [-0.4, -0.2) is 69.8 Å². The van der Waals surface area contributed by atoms with Crippen molar-refractivity contribution in [2.24, 2.45) is 34.0 Å². The van der Waals surface area contributed by atoms with Crippen molar-refractivity contribution < 1.29 is 57.5 Å². The lowest BCUT2D eigenvalue weighted by Gasteiger charge is -2.65. The van der Waals surface area contributed by atoms with Crippen LogP contribution in [0.25, 0.3) is 0 Å². The van der Waals surface area contributed by atoms with Crippen LogP contribution in [0.4, 0.5) is 0 Å². The fourth-order valence-corrected chi connectivity index (χ4v) is 14.1. The van der Waals surface area contributed by atoms with Gasteiger partial charge in [0.2, 0.25) is 0 Å². The molecule has 8 rings (SSSR count). The molecule has 4 saturated carbocycles. The van der Waals surface area contributed by atoms with Crippen LogP contribution in [-0.2, 0) is 68.3 Å². The highest BCUT2D eigenvalue weighted by Crippen LogP contribution is 2.71. The molecule has 14 nitrogen and oxygen atoms in total. The largest absolute Gasteiger partial charge is 0.462 e. The summed E-state index contributed by atoms with van der Waals surface area (Å²) in [5.74, 6) is -4.56. The van der Waals surface area contributed by atoms with Gasteiger partial charge in [0.1, 0.15) is 12.2 Å². The first-order chi connectivity index (χ1) is 33.8. The third-order valence-electron chi connectivity index (χ3n) is 18.2. The maximum atomic E-state index is 14.1. The Labute approximate surface area is 424 Å². The second-order valence-electron chi connectivity index (χ2n) is 24.9. The monoisotopic (exact) mass is 993 g/mol. The number of rotatable bonds is 14. The lowest BCUT2D eigenvalue weighted by Crippen LogP contribution is -2.59. The van der Waals surface area contributed by atoms with Crippen LogP contribution in [0.3, 0.4) is 0 Å². The Morgan fingerprint density at radius 2 is 0.917 bits per heavy atom.